The molecule has 0 radical (unpaired) electrons. The molecule has 3 nitrogen and oxygen atoms in total. The van der Waals surface area contributed by atoms with Crippen LogP contribution >= 0.6 is 11.6 Å². The van der Waals surface area contributed by atoms with Crippen LogP contribution in [0.25, 0.3) is 0 Å². The Balaban J connectivity index is 2.38. The van der Waals surface area contributed by atoms with Crippen LogP contribution in [-0.4, -0.2) is 25.8 Å². The maximum atomic E-state index is 14.2. The molecule has 7 heteroatoms. The lowest BCUT2D eigenvalue weighted by molar-refractivity contribution is 0.362. The number of rotatable bonds is 3. The lowest BCUT2D eigenvalue weighted by Crippen LogP contribution is -2.34. The second kappa shape index (κ2) is 7.03. The molecule has 0 atom stereocenters. The average Bonchev–Trinajstić information content (AvgIpc) is 2.37. The molecule has 1 aliphatic rings. The van der Waals surface area contributed by atoms with Gasteiger partial charge < -0.3 is 0 Å². The minimum absolute atomic E-state index is 0.370. The van der Waals surface area contributed by atoms with Crippen LogP contribution in [0, 0.1) is 11.6 Å². The van der Waals surface area contributed by atoms with Crippen LogP contribution in [0.5, 0.6) is 0 Å². The predicted octanol–water partition coefficient (Wildman–Crippen LogP) is 3.66. The molecule has 0 saturated carbocycles. The van der Waals surface area contributed by atoms with Gasteiger partial charge in [0.25, 0.3) is 0 Å². The first-order valence-electron chi connectivity index (χ1n) is 7.01. The molecule has 1 heterocycles. The molecule has 0 unspecified atom stereocenters. The summed E-state index contributed by atoms with van der Waals surface area (Å²) >= 11 is 5.50. The zero-order chi connectivity index (χ0) is 15.5. The molecule has 118 valence electrons. The van der Waals surface area contributed by atoms with Gasteiger partial charge in [0.1, 0.15) is 10.7 Å². The molecule has 1 aromatic rings. The number of halogens is 3. The summed E-state index contributed by atoms with van der Waals surface area (Å²) in [5.74, 6) is -2.30. The van der Waals surface area contributed by atoms with E-state index in [2.05, 4.69) is 0 Å². The van der Waals surface area contributed by atoms with Crippen LogP contribution < -0.4 is 0 Å². The molecule has 0 N–H and O–H groups in total. The van der Waals surface area contributed by atoms with E-state index in [1.54, 1.807) is 0 Å². The van der Waals surface area contributed by atoms with Crippen LogP contribution in [-0.2, 0) is 15.9 Å². The standard InChI is InChI=1S/C14H18ClF2NO2S/c15-10-11-12(16)6-7-13(14(11)17)21(19,20)18-8-4-2-1-3-5-9-18/h6-7H,1-5,8-10H2. The number of nitrogens with zero attached hydrogens (tertiary/aromatic N) is 1. The van der Waals surface area contributed by atoms with E-state index in [4.69, 9.17) is 11.6 Å². The van der Waals surface area contributed by atoms with Crippen LogP contribution in [0.4, 0.5) is 8.78 Å². The van der Waals surface area contributed by atoms with E-state index in [0.29, 0.717) is 13.1 Å². The molecule has 0 bridgehead atoms. The zero-order valence-corrected chi connectivity index (χ0v) is 13.2. The largest absolute Gasteiger partial charge is 0.245 e. The van der Waals surface area contributed by atoms with Gasteiger partial charge in [0.2, 0.25) is 10.0 Å². The molecule has 1 saturated heterocycles. The minimum atomic E-state index is -3.95. The second-order valence-corrected chi connectivity index (χ2v) is 7.32. The molecular formula is C14H18ClF2NO2S. The Kier molecular flexibility index (Phi) is 5.57. The molecule has 0 aromatic heterocycles. The Bertz CT molecular complexity index is 599. The van der Waals surface area contributed by atoms with Gasteiger partial charge in [-0.25, -0.2) is 17.2 Å². The fraction of sp³-hybridized carbons (Fsp3) is 0.571. The lowest BCUT2D eigenvalue weighted by atomic mass is 10.1. The van der Waals surface area contributed by atoms with E-state index < -0.39 is 38.0 Å². The van der Waals surface area contributed by atoms with Gasteiger partial charge in [-0.05, 0) is 25.0 Å². The Labute approximate surface area is 129 Å². The molecule has 1 aliphatic heterocycles. The van der Waals surface area contributed by atoms with Crippen molar-refractivity contribution in [1.29, 1.82) is 0 Å². The van der Waals surface area contributed by atoms with Crippen molar-refractivity contribution in [3.63, 3.8) is 0 Å². The van der Waals surface area contributed by atoms with Crippen molar-refractivity contribution in [1.82, 2.24) is 4.31 Å². The van der Waals surface area contributed by atoms with Gasteiger partial charge in [-0.3, -0.25) is 0 Å². The maximum absolute atomic E-state index is 14.2. The van der Waals surface area contributed by atoms with E-state index in [1.165, 1.54) is 4.31 Å². The molecule has 0 spiro atoms. The highest BCUT2D eigenvalue weighted by atomic mass is 35.5. The van der Waals surface area contributed by atoms with Gasteiger partial charge in [0.05, 0.1) is 5.88 Å². The van der Waals surface area contributed by atoms with Crippen molar-refractivity contribution >= 4 is 21.6 Å². The summed E-state index contributed by atoms with van der Waals surface area (Å²) in [5.41, 5.74) is -0.398. The van der Waals surface area contributed by atoms with Crippen molar-refractivity contribution in [2.75, 3.05) is 13.1 Å². The molecule has 0 aliphatic carbocycles. The number of hydrogen-bond acceptors (Lipinski definition) is 2. The SMILES string of the molecule is O=S(=O)(c1ccc(F)c(CCl)c1F)N1CCCCCCC1. The van der Waals surface area contributed by atoms with E-state index in [0.717, 1.165) is 44.2 Å². The second-order valence-electron chi connectivity index (χ2n) is 5.14. The fourth-order valence-corrected chi connectivity index (χ4v) is 4.35. The normalized spacial score (nSPS) is 18.2. The number of hydrogen-bond donors (Lipinski definition) is 0. The summed E-state index contributed by atoms with van der Waals surface area (Å²) in [6, 6.07) is 1.94. The number of sulfonamides is 1. The first kappa shape index (κ1) is 16.6. The van der Waals surface area contributed by atoms with E-state index in [9.17, 15) is 17.2 Å². The highest BCUT2D eigenvalue weighted by Crippen LogP contribution is 2.26. The summed E-state index contributed by atoms with van der Waals surface area (Å²) in [6.45, 7) is 0.741. The van der Waals surface area contributed by atoms with Crippen LogP contribution in [0.3, 0.4) is 0 Å². The molecular weight excluding hydrogens is 320 g/mol. The Morgan fingerprint density at radius 3 is 2.19 bits per heavy atom. The summed E-state index contributed by atoms with van der Waals surface area (Å²) in [7, 11) is -3.95. The quantitative estimate of drug-likeness (QED) is 0.789. The lowest BCUT2D eigenvalue weighted by Gasteiger charge is -2.24. The van der Waals surface area contributed by atoms with Gasteiger partial charge in [-0.1, -0.05) is 19.3 Å². The Morgan fingerprint density at radius 1 is 1.05 bits per heavy atom. The predicted molar refractivity (Wildman–Crippen MR) is 77.8 cm³/mol. The summed E-state index contributed by atoms with van der Waals surface area (Å²) in [4.78, 5) is -0.486. The zero-order valence-electron chi connectivity index (χ0n) is 11.6. The topological polar surface area (TPSA) is 37.4 Å². The minimum Gasteiger partial charge on any atom is -0.207 e. The van der Waals surface area contributed by atoms with Crippen LogP contribution in [0.15, 0.2) is 17.0 Å². The smallest absolute Gasteiger partial charge is 0.207 e. The van der Waals surface area contributed by atoms with Crippen molar-refractivity contribution in [2.45, 2.75) is 42.9 Å². The van der Waals surface area contributed by atoms with Gasteiger partial charge >= 0.3 is 0 Å². The molecule has 0 amide bonds. The first-order valence-corrected chi connectivity index (χ1v) is 8.99. The van der Waals surface area contributed by atoms with Gasteiger partial charge in [-0.2, -0.15) is 4.31 Å². The third-order valence-corrected chi connectivity index (χ3v) is 5.90. The monoisotopic (exact) mass is 337 g/mol. The molecule has 1 fully saturated rings. The van der Waals surface area contributed by atoms with E-state index in [1.807, 2.05) is 0 Å². The third-order valence-electron chi connectivity index (χ3n) is 3.72. The fourth-order valence-electron chi connectivity index (χ4n) is 2.50. The van der Waals surface area contributed by atoms with Crippen LogP contribution in [0.2, 0.25) is 0 Å². The Hall–Kier alpha value is -0.720. The maximum Gasteiger partial charge on any atom is 0.245 e. The molecule has 2 rings (SSSR count). The van der Waals surface area contributed by atoms with Crippen molar-refractivity contribution in [3.8, 4) is 0 Å². The third kappa shape index (κ3) is 3.55. The highest BCUT2D eigenvalue weighted by molar-refractivity contribution is 7.89. The van der Waals surface area contributed by atoms with Crippen molar-refractivity contribution in [2.24, 2.45) is 0 Å². The summed E-state index contributed by atoms with van der Waals surface area (Å²) in [5, 5.41) is 0. The highest BCUT2D eigenvalue weighted by Gasteiger charge is 2.29. The van der Waals surface area contributed by atoms with Crippen molar-refractivity contribution < 1.29 is 17.2 Å². The average molecular weight is 338 g/mol. The summed E-state index contributed by atoms with van der Waals surface area (Å²) < 4.78 is 54.1. The summed E-state index contributed by atoms with van der Waals surface area (Å²) in [6.07, 6.45) is 4.53. The van der Waals surface area contributed by atoms with Gasteiger partial charge in [-0.15, -0.1) is 11.6 Å². The number of benzene rings is 1. The van der Waals surface area contributed by atoms with E-state index >= 15 is 0 Å². The van der Waals surface area contributed by atoms with Gasteiger partial charge in [0, 0.05) is 18.7 Å². The van der Waals surface area contributed by atoms with E-state index in [-0.39, 0.29) is 0 Å². The van der Waals surface area contributed by atoms with Crippen molar-refractivity contribution in [3.05, 3.63) is 29.3 Å². The molecule has 1 aromatic carbocycles. The Morgan fingerprint density at radius 2 is 1.62 bits per heavy atom. The first-order chi connectivity index (χ1) is 9.98. The number of alkyl halides is 1. The molecule has 21 heavy (non-hydrogen) atoms. The van der Waals surface area contributed by atoms with Crippen LogP contribution in [0.1, 0.15) is 37.7 Å². The van der Waals surface area contributed by atoms with Gasteiger partial charge in [0.15, 0.2) is 5.82 Å².